The lowest BCUT2D eigenvalue weighted by atomic mass is 10.0. The van der Waals surface area contributed by atoms with Gasteiger partial charge in [-0.3, -0.25) is 0 Å². The number of rotatable bonds is 6. The van der Waals surface area contributed by atoms with Crippen molar-refractivity contribution in [3.05, 3.63) is 35.9 Å². The third-order valence-corrected chi connectivity index (χ3v) is 2.42. The lowest BCUT2D eigenvalue weighted by Crippen LogP contribution is -2.29. The molecule has 0 bridgehead atoms. The number of nitrogens with two attached hydrogens (primary N) is 1. The summed E-state index contributed by atoms with van der Waals surface area (Å²) in [5.41, 5.74) is 6.93. The van der Waals surface area contributed by atoms with Gasteiger partial charge in [-0.1, -0.05) is 30.3 Å². The maximum Gasteiger partial charge on any atom is 0.401 e. The molecule has 1 atom stereocenters. The van der Waals surface area contributed by atoms with E-state index >= 15 is 0 Å². The van der Waals surface area contributed by atoms with E-state index in [0.717, 1.165) is 5.56 Å². The summed E-state index contributed by atoms with van der Waals surface area (Å²) in [7, 11) is 0. The van der Waals surface area contributed by atoms with E-state index in [-0.39, 0.29) is 6.04 Å². The standard InChI is InChI=1S/C12H17F3N2/c13-12(14,15)9-17-8-4-7-11(16)10-5-2-1-3-6-10/h1-3,5-6,11,17H,4,7-9,16H2. The van der Waals surface area contributed by atoms with Crippen molar-refractivity contribution in [1.29, 1.82) is 0 Å². The largest absolute Gasteiger partial charge is 0.401 e. The third-order valence-electron chi connectivity index (χ3n) is 2.42. The van der Waals surface area contributed by atoms with Crippen LogP contribution >= 0.6 is 0 Å². The fraction of sp³-hybridized carbons (Fsp3) is 0.500. The molecule has 0 aromatic heterocycles. The average Bonchev–Trinajstić information content (AvgIpc) is 2.28. The van der Waals surface area contributed by atoms with E-state index in [1.807, 2.05) is 30.3 Å². The first-order valence-corrected chi connectivity index (χ1v) is 5.57. The predicted molar refractivity (Wildman–Crippen MR) is 61.5 cm³/mol. The molecule has 0 saturated carbocycles. The highest BCUT2D eigenvalue weighted by Gasteiger charge is 2.25. The molecule has 17 heavy (non-hydrogen) atoms. The lowest BCUT2D eigenvalue weighted by molar-refractivity contribution is -0.124. The number of hydrogen-bond donors (Lipinski definition) is 2. The fourth-order valence-corrected chi connectivity index (χ4v) is 1.54. The van der Waals surface area contributed by atoms with Crippen LogP contribution in [-0.2, 0) is 0 Å². The summed E-state index contributed by atoms with van der Waals surface area (Å²) in [5.74, 6) is 0. The van der Waals surface area contributed by atoms with Crippen LogP contribution < -0.4 is 11.1 Å². The Morgan fingerprint density at radius 1 is 1.18 bits per heavy atom. The fourth-order valence-electron chi connectivity index (χ4n) is 1.54. The first-order valence-electron chi connectivity index (χ1n) is 5.57. The Balaban J connectivity index is 2.15. The minimum atomic E-state index is -4.14. The second-order valence-electron chi connectivity index (χ2n) is 3.95. The van der Waals surface area contributed by atoms with Gasteiger partial charge in [0.2, 0.25) is 0 Å². The van der Waals surface area contributed by atoms with E-state index in [1.54, 1.807) is 0 Å². The zero-order valence-corrected chi connectivity index (χ0v) is 9.50. The zero-order valence-electron chi connectivity index (χ0n) is 9.50. The summed E-state index contributed by atoms with van der Waals surface area (Å²) in [6.45, 7) is -0.604. The van der Waals surface area contributed by atoms with E-state index in [4.69, 9.17) is 5.73 Å². The van der Waals surface area contributed by atoms with Crippen LogP contribution in [0.5, 0.6) is 0 Å². The molecule has 5 heteroatoms. The molecule has 2 nitrogen and oxygen atoms in total. The minimum absolute atomic E-state index is 0.108. The summed E-state index contributed by atoms with van der Waals surface area (Å²) in [5, 5.41) is 2.35. The second kappa shape index (κ2) is 6.61. The maximum atomic E-state index is 11.8. The van der Waals surface area contributed by atoms with Crippen LogP contribution in [0.2, 0.25) is 0 Å². The molecule has 0 saturated heterocycles. The van der Waals surface area contributed by atoms with Crippen LogP contribution in [0.1, 0.15) is 24.4 Å². The predicted octanol–water partition coefficient (Wildman–Crippen LogP) is 2.62. The first-order chi connectivity index (χ1) is 7.99. The Bertz CT molecular complexity index is 311. The molecule has 0 heterocycles. The van der Waals surface area contributed by atoms with Crippen LogP contribution in [0, 0.1) is 0 Å². The van der Waals surface area contributed by atoms with Gasteiger partial charge in [-0.05, 0) is 24.9 Å². The van der Waals surface area contributed by atoms with Crippen molar-refractivity contribution in [2.75, 3.05) is 13.1 Å². The smallest absolute Gasteiger partial charge is 0.324 e. The van der Waals surface area contributed by atoms with E-state index < -0.39 is 12.7 Å². The van der Waals surface area contributed by atoms with Crippen LogP contribution in [0.4, 0.5) is 13.2 Å². The Kier molecular flexibility index (Phi) is 5.44. The van der Waals surface area contributed by atoms with Crippen LogP contribution in [0.15, 0.2) is 30.3 Å². The highest BCUT2D eigenvalue weighted by Crippen LogP contribution is 2.15. The molecule has 1 aromatic carbocycles. The first kappa shape index (κ1) is 14.0. The lowest BCUT2D eigenvalue weighted by Gasteiger charge is -2.12. The van der Waals surface area contributed by atoms with Crippen molar-refractivity contribution in [3.8, 4) is 0 Å². The van der Waals surface area contributed by atoms with Gasteiger partial charge in [0.1, 0.15) is 0 Å². The van der Waals surface area contributed by atoms with E-state index in [0.29, 0.717) is 19.4 Å². The van der Waals surface area contributed by atoms with Gasteiger partial charge in [0.05, 0.1) is 6.54 Å². The molecule has 0 radical (unpaired) electrons. The van der Waals surface area contributed by atoms with Gasteiger partial charge in [0.25, 0.3) is 0 Å². The molecule has 0 aliphatic carbocycles. The van der Waals surface area contributed by atoms with Gasteiger partial charge in [0.15, 0.2) is 0 Å². The van der Waals surface area contributed by atoms with E-state index in [2.05, 4.69) is 5.32 Å². The van der Waals surface area contributed by atoms with E-state index in [1.165, 1.54) is 0 Å². The average molecular weight is 246 g/mol. The summed E-state index contributed by atoms with van der Waals surface area (Å²) < 4.78 is 35.5. The zero-order chi connectivity index (χ0) is 12.7. The molecule has 0 amide bonds. The van der Waals surface area contributed by atoms with Gasteiger partial charge in [-0.25, -0.2) is 0 Å². The van der Waals surface area contributed by atoms with Crippen molar-refractivity contribution in [2.24, 2.45) is 5.73 Å². The van der Waals surface area contributed by atoms with Gasteiger partial charge >= 0.3 is 6.18 Å². The monoisotopic (exact) mass is 246 g/mol. The SMILES string of the molecule is NC(CCCNCC(F)(F)F)c1ccccc1. The van der Waals surface area contributed by atoms with Gasteiger partial charge < -0.3 is 11.1 Å². The number of nitrogens with one attached hydrogen (secondary N) is 1. The Hall–Kier alpha value is -1.07. The molecule has 1 rings (SSSR count). The third kappa shape index (κ3) is 6.28. The van der Waals surface area contributed by atoms with Crippen LogP contribution in [0.3, 0.4) is 0 Å². The molecule has 1 unspecified atom stereocenters. The van der Waals surface area contributed by atoms with Crippen molar-refractivity contribution in [1.82, 2.24) is 5.32 Å². The molecule has 0 aliphatic heterocycles. The van der Waals surface area contributed by atoms with E-state index in [9.17, 15) is 13.2 Å². The molecule has 96 valence electrons. The topological polar surface area (TPSA) is 38.0 Å². The van der Waals surface area contributed by atoms with Crippen LogP contribution in [-0.4, -0.2) is 19.3 Å². The highest BCUT2D eigenvalue weighted by atomic mass is 19.4. The number of hydrogen-bond acceptors (Lipinski definition) is 2. The quantitative estimate of drug-likeness (QED) is 0.757. The highest BCUT2D eigenvalue weighted by molar-refractivity contribution is 5.18. The van der Waals surface area contributed by atoms with Gasteiger partial charge in [-0.2, -0.15) is 13.2 Å². The molecular weight excluding hydrogens is 229 g/mol. The van der Waals surface area contributed by atoms with Crippen molar-refractivity contribution >= 4 is 0 Å². The molecule has 0 spiro atoms. The number of alkyl halides is 3. The summed E-state index contributed by atoms with van der Waals surface area (Å²) in [6.07, 6.45) is -2.83. The summed E-state index contributed by atoms with van der Waals surface area (Å²) in [4.78, 5) is 0. The normalized spacial score (nSPS) is 13.6. The Labute approximate surface area is 99.0 Å². The summed E-state index contributed by atoms with van der Waals surface area (Å²) >= 11 is 0. The van der Waals surface area contributed by atoms with Crippen molar-refractivity contribution in [3.63, 3.8) is 0 Å². The Morgan fingerprint density at radius 3 is 2.41 bits per heavy atom. The molecular formula is C12H17F3N2. The van der Waals surface area contributed by atoms with Crippen molar-refractivity contribution in [2.45, 2.75) is 25.1 Å². The maximum absolute atomic E-state index is 11.8. The van der Waals surface area contributed by atoms with Gasteiger partial charge in [-0.15, -0.1) is 0 Å². The second-order valence-corrected chi connectivity index (χ2v) is 3.95. The molecule has 0 fully saturated rings. The van der Waals surface area contributed by atoms with Crippen molar-refractivity contribution < 1.29 is 13.2 Å². The number of halogens is 3. The molecule has 3 N–H and O–H groups in total. The van der Waals surface area contributed by atoms with Crippen LogP contribution in [0.25, 0.3) is 0 Å². The Morgan fingerprint density at radius 2 is 1.82 bits per heavy atom. The molecule has 0 aliphatic rings. The minimum Gasteiger partial charge on any atom is -0.324 e. The summed E-state index contributed by atoms with van der Waals surface area (Å²) in [6, 6.07) is 9.44. The molecule has 1 aromatic rings. The number of benzene rings is 1. The van der Waals surface area contributed by atoms with Gasteiger partial charge in [0, 0.05) is 6.04 Å².